The lowest BCUT2D eigenvalue weighted by Crippen LogP contribution is -2.45. The van der Waals surface area contributed by atoms with Crippen LogP contribution in [-0.4, -0.2) is 35.7 Å². The van der Waals surface area contributed by atoms with Crippen LogP contribution < -0.4 is 10.6 Å². The van der Waals surface area contributed by atoms with Crippen molar-refractivity contribution in [2.45, 2.75) is 52.7 Å². The molecule has 1 atom stereocenters. The molecular formula is C12H26N2O2. The van der Waals surface area contributed by atoms with Crippen LogP contribution in [0.15, 0.2) is 0 Å². The average molecular weight is 230 g/mol. The fraction of sp³-hybridized carbons (Fsp3) is 0.917. The first kappa shape index (κ1) is 15.4. The highest BCUT2D eigenvalue weighted by Gasteiger charge is 2.21. The molecule has 0 aromatic heterocycles. The number of rotatable bonds is 7. The molecule has 0 spiro atoms. The lowest BCUT2D eigenvalue weighted by Gasteiger charge is -2.26. The SMILES string of the molecule is CC(C)CNC(=O)CCNC(C)C(C)(C)O. The summed E-state index contributed by atoms with van der Waals surface area (Å²) in [5, 5.41) is 15.6. The summed E-state index contributed by atoms with van der Waals surface area (Å²) in [5.74, 6) is 0.538. The number of nitrogens with one attached hydrogen (secondary N) is 2. The Morgan fingerprint density at radius 2 is 1.88 bits per heavy atom. The number of aliphatic hydroxyl groups is 1. The molecule has 0 fully saturated rings. The number of carbonyl (C=O) groups excluding carboxylic acids is 1. The van der Waals surface area contributed by atoms with Gasteiger partial charge in [-0.1, -0.05) is 13.8 Å². The fourth-order valence-electron chi connectivity index (χ4n) is 1.06. The summed E-state index contributed by atoms with van der Waals surface area (Å²) in [4.78, 5) is 11.4. The molecule has 0 aliphatic heterocycles. The highest BCUT2D eigenvalue weighted by atomic mass is 16.3. The molecule has 1 amide bonds. The molecule has 0 aromatic rings. The Hall–Kier alpha value is -0.610. The topological polar surface area (TPSA) is 61.4 Å². The maximum atomic E-state index is 11.4. The molecule has 0 heterocycles. The Morgan fingerprint density at radius 1 is 1.31 bits per heavy atom. The number of hydrogen-bond acceptors (Lipinski definition) is 3. The predicted molar refractivity (Wildman–Crippen MR) is 66.2 cm³/mol. The van der Waals surface area contributed by atoms with Crippen LogP contribution >= 0.6 is 0 Å². The highest BCUT2D eigenvalue weighted by molar-refractivity contribution is 5.76. The van der Waals surface area contributed by atoms with Crippen molar-refractivity contribution in [1.29, 1.82) is 0 Å². The van der Waals surface area contributed by atoms with E-state index in [0.29, 0.717) is 18.9 Å². The third-order valence-corrected chi connectivity index (χ3v) is 2.57. The van der Waals surface area contributed by atoms with Gasteiger partial charge < -0.3 is 15.7 Å². The summed E-state index contributed by atoms with van der Waals surface area (Å²) in [6, 6.07) is -0.0228. The van der Waals surface area contributed by atoms with Crippen LogP contribution in [0.3, 0.4) is 0 Å². The lowest BCUT2D eigenvalue weighted by molar-refractivity contribution is -0.121. The van der Waals surface area contributed by atoms with Crippen molar-refractivity contribution >= 4 is 5.91 Å². The van der Waals surface area contributed by atoms with Crippen molar-refractivity contribution in [2.75, 3.05) is 13.1 Å². The second kappa shape index (κ2) is 6.86. The van der Waals surface area contributed by atoms with Gasteiger partial charge in [-0.2, -0.15) is 0 Å². The van der Waals surface area contributed by atoms with E-state index in [9.17, 15) is 9.90 Å². The Morgan fingerprint density at radius 3 is 2.31 bits per heavy atom. The molecule has 0 bridgehead atoms. The summed E-state index contributed by atoms with van der Waals surface area (Å²) in [7, 11) is 0. The van der Waals surface area contributed by atoms with Crippen molar-refractivity contribution < 1.29 is 9.90 Å². The maximum Gasteiger partial charge on any atom is 0.221 e. The molecule has 0 saturated carbocycles. The molecule has 1 unspecified atom stereocenters. The molecule has 0 rings (SSSR count). The summed E-state index contributed by atoms with van der Waals surface area (Å²) in [5.41, 5.74) is -0.756. The summed E-state index contributed by atoms with van der Waals surface area (Å²) in [6.45, 7) is 10.9. The zero-order valence-corrected chi connectivity index (χ0v) is 11.1. The van der Waals surface area contributed by atoms with E-state index in [-0.39, 0.29) is 11.9 Å². The lowest BCUT2D eigenvalue weighted by atomic mass is 10.0. The van der Waals surface area contributed by atoms with Gasteiger partial charge in [-0.3, -0.25) is 4.79 Å². The van der Waals surface area contributed by atoms with Crippen LogP contribution in [0, 0.1) is 5.92 Å². The van der Waals surface area contributed by atoms with E-state index < -0.39 is 5.60 Å². The molecule has 0 radical (unpaired) electrons. The van der Waals surface area contributed by atoms with Gasteiger partial charge in [0.25, 0.3) is 0 Å². The van der Waals surface area contributed by atoms with Crippen LogP contribution in [0.4, 0.5) is 0 Å². The van der Waals surface area contributed by atoms with Crippen LogP contribution in [0.2, 0.25) is 0 Å². The second-order valence-corrected chi connectivity index (χ2v) is 5.28. The van der Waals surface area contributed by atoms with Gasteiger partial charge in [0.1, 0.15) is 0 Å². The van der Waals surface area contributed by atoms with Crippen molar-refractivity contribution in [3.8, 4) is 0 Å². The largest absolute Gasteiger partial charge is 0.389 e. The highest BCUT2D eigenvalue weighted by Crippen LogP contribution is 2.06. The minimum Gasteiger partial charge on any atom is -0.389 e. The third kappa shape index (κ3) is 7.65. The number of amides is 1. The van der Waals surface area contributed by atoms with E-state index in [4.69, 9.17) is 0 Å². The molecule has 0 saturated heterocycles. The van der Waals surface area contributed by atoms with Gasteiger partial charge in [0.2, 0.25) is 5.91 Å². The van der Waals surface area contributed by atoms with Crippen molar-refractivity contribution in [3.63, 3.8) is 0 Å². The molecule has 0 aliphatic carbocycles. The van der Waals surface area contributed by atoms with E-state index in [0.717, 1.165) is 6.54 Å². The van der Waals surface area contributed by atoms with Gasteiger partial charge in [0, 0.05) is 25.6 Å². The minimum atomic E-state index is -0.756. The van der Waals surface area contributed by atoms with Crippen molar-refractivity contribution in [3.05, 3.63) is 0 Å². The molecule has 96 valence electrons. The molecular weight excluding hydrogens is 204 g/mol. The van der Waals surface area contributed by atoms with Gasteiger partial charge in [-0.05, 0) is 26.7 Å². The van der Waals surface area contributed by atoms with Gasteiger partial charge >= 0.3 is 0 Å². The van der Waals surface area contributed by atoms with Gasteiger partial charge in [0.05, 0.1) is 5.60 Å². The first-order valence-electron chi connectivity index (χ1n) is 5.96. The molecule has 4 nitrogen and oxygen atoms in total. The fourth-order valence-corrected chi connectivity index (χ4v) is 1.06. The Bertz CT molecular complexity index is 210. The van der Waals surface area contributed by atoms with Crippen molar-refractivity contribution in [2.24, 2.45) is 5.92 Å². The number of hydrogen-bond donors (Lipinski definition) is 3. The number of carbonyl (C=O) groups is 1. The van der Waals surface area contributed by atoms with E-state index in [1.54, 1.807) is 13.8 Å². The smallest absolute Gasteiger partial charge is 0.221 e. The van der Waals surface area contributed by atoms with E-state index >= 15 is 0 Å². The van der Waals surface area contributed by atoms with Crippen LogP contribution in [0.1, 0.15) is 41.0 Å². The van der Waals surface area contributed by atoms with Gasteiger partial charge in [0.15, 0.2) is 0 Å². The summed E-state index contributed by atoms with van der Waals surface area (Å²) < 4.78 is 0. The third-order valence-electron chi connectivity index (χ3n) is 2.57. The van der Waals surface area contributed by atoms with Gasteiger partial charge in [-0.15, -0.1) is 0 Å². The summed E-state index contributed by atoms with van der Waals surface area (Å²) in [6.07, 6.45) is 0.452. The first-order valence-corrected chi connectivity index (χ1v) is 5.96. The van der Waals surface area contributed by atoms with Crippen molar-refractivity contribution in [1.82, 2.24) is 10.6 Å². The Labute approximate surface area is 98.8 Å². The standard InChI is InChI=1S/C12H26N2O2/c1-9(2)8-14-11(15)6-7-13-10(3)12(4,5)16/h9-10,13,16H,6-8H2,1-5H3,(H,14,15). The molecule has 0 aliphatic rings. The van der Waals surface area contributed by atoms with Crippen LogP contribution in [0.25, 0.3) is 0 Å². The molecule has 0 aromatic carbocycles. The second-order valence-electron chi connectivity index (χ2n) is 5.28. The van der Waals surface area contributed by atoms with E-state index in [1.807, 2.05) is 6.92 Å². The van der Waals surface area contributed by atoms with Crippen LogP contribution in [0.5, 0.6) is 0 Å². The minimum absolute atomic E-state index is 0.0228. The molecule has 16 heavy (non-hydrogen) atoms. The Balaban J connectivity index is 3.62. The average Bonchev–Trinajstić information content (AvgIpc) is 2.13. The van der Waals surface area contributed by atoms with E-state index in [2.05, 4.69) is 24.5 Å². The Kier molecular flexibility index (Phi) is 6.60. The maximum absolute atomic E-state index is 11.4. The molecule has 3 N–H and O–H groups in total. The quantitative estimate of drug-likeness (QED) is 0.609. The van der Waals surface area contributed by atoms with Gasteiger partial charge in [-0.25, -0.2) is 0 Å². The zero-order valence-electron chi connectivity index (χ0n) is 11.1. The monoisotopic (exact) mass is 230 g/mol. The molecule has 4 heteroatoms. The normalized spacial score (nSPS) is 13.9. The zero-order chi connectivity index (χ0) is 12.8. The van der Waals surface area contributed by atoms with Crippen LogP contribution in [-0.2, 0) is 4.79 Å². The predicted octanol–water partition coefficient (Wildman–Crippen LogP) is 0.898. The summed E-state index contributed by atoms with van der Waals surface area (Å²) >= 11 is 0. The first-order chi connectivity index (χ1) is 7.23. The van der Waals surface area contributed by atoms with E-state index in [1.165, 1.54) is 0 Å².